The fraction of sp³-hybridized carbons (Fsp3) is 0.476. The maximum Gasteiger partial charge on any atom is 0.416 e. The van der Waals surface area contributed by atoms with Crippen LogP contribution in [-0.4, -0.2) is 40.1 Å². The summed E-state index contributed by atoms with van der Waals surface area (Å²) >= 11 is 0. The second-order valence-corrected chi connectivity index (χ2v) is 7.87. The predicted octanol–water partition coefficient (Wildman–Crippen LogP) is 3.15. The van der Waals surface area contributed by atoms with E-state index < -0.39 is 11.7 Å². The molecular weight excluding hydrogens is 385 g/mol. The van der Waals surface area contributed by atoms with Crippen molar-refractivity contribution < 1.29 is 27.6 Å². The largest absolute Gasteiger partial charge is 0.416 e. The molecule has 3 aliphatic rings. The van der Waals surface area contributed by atoms with Crippen molar-refractivity contribution in [2.45, 2.75) is 44.4 Å². The third-order valence-electron chi connectivity index (χ3n) is 5.83. The Balaban J connectivity index is 1.45. The Morgan fingerprint density at radius 3 is 2.03 bits per heavy atom. The fourth-order valence-corrected chi connectivity index (χ4v) is 4.05. The highest BCUT2D eigenvalue weighted by molar-refractivity contribution is 6.07. The van der Waals surface area contributed by atoms with Gasteiger partial charge in [0.1, 0.15) is 6.54 Å². The predicted molar refractivity (Wildman–Crippen MR) is 97.1 cm³/mol. The molecule has 0 bridgehead atoms. The number of alkyl halides is 3. The molecule has 0 N–H and O–H groups in total. The molecule has 4 rings (SSSR count). The van der Waals surface area contributed by atoms with Crippen LogP contribution in [0.15, 0.2) is 36.4 Å². The summed E-state index contributed by atoms with van der Waals surface area (Å²) in [5.41, 5.74) is -0.162. The Labute approximate surface area is 166 Å². The van der Waals surface area contributed by atoms with Crippen LogP contribution in [0, 0.1) is 11.8 Å². The van der Waals surface area contributed by atoms with Gasteiger partial charge in [0.25, 0.3) is 0 Å². The zero-order valence-electron chi connectivity index (χ0n) is 15.7. The molecule has 154 valence electrons. The summed E-state index contributed by atoms with van der Waals surface area (Å²) in [5, 5.41) is 0. The van der Waals surface area contributed by atoms with Gasteiger partial charge >= 0.3 is 6.18 Å². The van der Waals surface area contributed by atoms with Crippen molar-refractivity contribution in [1.29, 1.82) is 0 Å². The monoisotopic (exact) mass is 406 g/mol. The zero-order chi connectivity index (χ0) is 20.8. The number of imide groups is 1. The number of amides is 3. The number of hydrogen-bond acceptors (Lipinski definition) is 3. The molecular formula is C21H21F3N2O3. The van der Waals surface area contributed by atoms with Gasteiger partial charge in [0.05, 0.1) is 17.4 Å². The van der Waals surface area contributed by atoms with Crippen LogP contribution in [0.25, 0.3) is 0 Å². The first kappa shape index (κ1) is 19.7. The number of nitrogens with zero attached hydrogens (tertiary/aromatic N) is 2. The number of fused-ring (bicyclic) bond motifs is 1. The van der Waals surface area contributed by atoms with Crippen molar-refractivity contribution in [3.05, 3.63) is 47.5 Å². The van der Waals surface area contributed by atoms with Gasteiger partial charge in [-0.1, -0.05) is 24.3 Å². The van der Waals surface area contributed by atoms with Crippen molar-refractivity contribution in [1.82, 2.24) is 9.80 Å². The van der Waals surface area contributed by atoms with Gasteiger partial charge in [0.2, 0.25) is 17.7 Å². The molecule has 2 aliphatic carbocycles. The van der Waals surface area contributed by atoms with E-state index in [-0.39, 0.29) is 48.7 Å². The molecule has 2 unspecified atom stereocenters. The third-order valence-corrected chi connectivity index (χ3v) is 5.83. The molecule has 1 heterocycles. The average Bonchev–Trinajstić information content (AvgIpc) is 3.50. The van der Waals surface area contributed by atoms with E-state index in [4.69, 9.17) is 0 Å². The summed E-state index contributed by atoms with van der Waals surface area (Å²) < 4.78 is 38.2. The highest BCUT2D eigenvalue weighted by Crippen LogP contribution is 2.36. The van der Waals surface area contributed by atoms with Crippen LogP contribution in [0.5, 0.6) is 0 Å². The summed E-state index contributed by atoms with van der Waals surface area (Å²) in [6.45, 7) is -0.145. The van der Waals surface area contributed by atoms with E-state index in [1.165, 1.54) is 12.1 Å². The Bertz CT molecular complexity index is 833. The minimum Gasteiger partial charge on any atom is -0.334 e. The van der Waals surface area contributed by atoms with Gasteiger partial charge in [-0.3, -0.25) is 19.3 Å². The Morgan fingerprint density at radius 2 is 1.55 bits per heavy atom. The van der Waals surface area contributed by atoms with Crippen molar-refractivity contribution in [2.75, 3.05) is 6.54 Å². The number of rotatable bonds is 5. The average molecular weight is 406 g/mol. The van der Waals surface area contributed by atoms with Gasteiger partial charge in [-0.15, -0.1) is 0 Å². The lowest BCUT2D eigenvalue weighted by molar-refractivity contribution is -0.147. The van der Waals surface area contributed by atoms with Crippen LogP contribution in [-0.2, 0) is 27.1 Å². The van der Waals surface area contributed by atoms with Gasteiger partial charge < -0.3 is 4.90 Å². The molecule has 3 amide bonds. The molecule has 5 nitrogen and oxygen atoms in total. The second kappa shape index (κ2) is 7.31. The van der Waals surface area contributed by atoms with Crippen LogP contribution in [0.1, 0.15) is 36.8 Å². The van der Waals surface area contributed by atoms with Crippen LogP contribution >= 0.6 is 0 Å². The topological polar surface area (TPSA) is 57.7 Å². The molecule has 0 aromatic heterocycles. The van der Waals surface area contributed by atoms with Gasteiger partial charge in [-0.25, -0.2) is 0 Å². The van der Waals surface area contributed by atoms with Gasteiger partial charge in [-0.05, 0) is 43.4 Å². The van der Waals surface area contributed by atoms with Crippen molar-refractivity contribution in [3.8, 4) is 0 Å². The summed E-state index contributed by atoms with van der Waals surface area (Å²) in [6.07, 6.45) is 2.01. The van der Waals surface area contributed by atoms with Gasteiger partial charge in [0.15, 0.2) is 0 Å². The molecule has 2 fully saturated rings. The maximum atomic E-state index is 12.9. The smallest absolute Gasteiger partial charge is 0.334 e. The fourth-order valence-electron chi connectivity index (χ4n) is 4.05. The molecule has 0 spiro atoms. The van der Waals surface area contributed by atoms with E-state index in [2.05, 4.69) is 0 Å². The second-order valence-electron chi connectivity index (χ2n) is 7.87. The minimum atomic E-state index is -4.41. The van der Waals surface area contributed by atoms with E-state index >= 15 is 0 Å². The standard InChI is InChI=1S/C21H21F3N2O3/c22-21(23,24)14-7-5-13(6-8-14)11-25(15-9-10-15)18(27)12-26-19(28)16-3-1-2-4-17(16)20(26)29/h1-2,5-8,15-17H,3-4,9-12H2. The lowest BCUT2D eigenvalue weighted by Gasteiger charge is -2.25. The first-order valence-electron chi connectivity index (χ1n) is 9.71. The first-order chi connectivity index (χ1) is 13.8. The number of hydrogen-bond donors (Lipinski definition) is 0. The third kappa shape index (κ3) is 3.93. The van der Waals surface area contributed by atoms with E-state index in [1.807, 2.05) is 12.2 Å². The number of halogens is 3. The van der Waals surface area contributed by atoms with Crippen molar-refractivity contribution >= 4 is 17.7 Å². The van der Waals surface area contributed by atoms with Gasteiger partial charge in [-0.2, -0.15) is 13.2 Å². The van der Waals surface area contributed by atoms with E-state index in [0.29, 0.717) is 18.4 Å². The van der Waals surface area contributed by atoms with Crippen LogP contribution in [0.4, 0.5) is 13.2 Å². The summed E-state index contributed by atoms with van der Waals surface area (Å²) in [7, 11) is 0. The molecule has 0 radical (unpaired) electrons. The quantitative estimate of drug-likeness (QED) is 0.558. The normalized spacial score (nSPS) is 24.0. The Morgan fingerprint density at radius 1 is 1.00 bits per heavy atom. The molecule has 1 saturated carbocycles. The minimum absolute atomic E-state index is 0.00143. The molecule has 1 aromatic carbocycles. The van der Waals surface area contributed by atoms with E-state index in [0.717, 1.165) is 29.9 Å². The first-order valence-corrected chi connectivity index (χ1v) is 9.71. The summed E-state index contributed by atoms with van der Waals surface area (Å²) in [5.74, 6) is -1.72. The number of likely N-dealkylation sites (tertiary alicyclic amines) is 1. The Kier molecular flexibility index (Phi) is 4.96. The lowest BCUT2D eigenvalue weighted by Crippen LogP contribution is -2.43. The highest BCUT2D eigenvalue weighted by atomic mass is 19.4. The maximum absolute atomic E-state index is 12.9. The highest BCUT2D eigenvalue weighted by Gasteiger charge is 2.48. The number of carbonyl (C=O) groups excluding carboxylic acids is 3. The number of allylic oxidation sites excluding steroid dienone is 2. The molecule has 29 heavy (non-hydrogen) atoms. The Hall–Kier alpha value is -2.64. The van der Waals surface area contributed by atoms with Gasteiger partial charge in [0, 0.05) is 12.6 Å². The number of carbonyl (C=O) groups is 3. The summed E-state index contributed by atoms with van der Waals surface area (Å²) in [6, 6.07) is 4.71. The zero-order valence-corrected chi connectivity index (χ0v) is 15.7. The van der Waals surface area contributed by atoms with Crippen LogP contribution in [0.3, 0.4) is 0 Å². The van der Waals surface area contributed by atoms with E-state index in [1.54, 1.807) is 4.90 Å². The summed E-state index contributed by atoms with van der Waals surface area (Å²) in [4.78, 5) is 40.7. The number of benzene rings is 1. The van der Waals surface area contributed by atoms with Crippen molar-refractivity contribution in [2.24, 2.45) is 11.8 Å². The molecule has 8 heteroatoms. The van der Waals surface area contributed by atoms with Crippen LogP contribution in [0.2, 0.25) is 0 Å². The van der Waals surface area contributed by atoms with E-state index in [9.17, 15) is 27.6 Å². The molecule has 1 aliphatic heterocycles. The molecule has 1 aromatic rings. The molecule has 2 atom stereocenters. The van der Waals surface area contributed by atoms with Crippen molar-refractivity contribution in [3.63, 3.8) is 0 Å². The van der Waals surface area contributed by atoms with Crippen LogP contribution < -0.4 is 0 Å². The molecule has 1 saturated heterocycles. The SMILES string of the molecule is O=C1C2CC=CCC2C(=O)N1CC(=O)N(Cc1ccc(C(F)(F)F)cc1)C1CC1. The lowest BCUT2D eigenvalue weighted by atomic mass is 9.85.